The second kappa shape index (κ2) is 8.14. The molecule has 1 aromatic carbocycles. The number of nitrogens with one attached hydrogen (secondary N) is 1. The first kappa shape index (κ1) is 19.3. The Labute approximate surface area is 167 Å². The summed E-state index contributed by atoms with van der Waals surface area (Å²) in [5.74, 6) is 2.87. The lowest BCUT2D eigenvalue weighted by Crippen LogP contribution is -2.48. The molecule has 28 heavy (non-hydrogen) atoms. The number of carbonyl (C=O) groups excluding carboxylic acids is 2. The Balaban J connectivity index is 1.14. The first-order valence-corrected chi connectivity index (χ1v) is 10.6. The van der Waals surface area contributed by atoms with Crippen molar-refractivity contribution in [1.29, 1.82) is 0 Å². The van der Waals surface area contributed by atoms with Crippen molar-refractivity contribution in [3.63, 3.8) is 0 Å². The lowest BCUT2D eigenvalue weighted by Gasteiger charge is -2.56. The van der Waals surface area contributed by atoms with Crippen LogP contribution in [0.25, 0.3) is 0 Å². The van der Waals surface area contributed by atoms with Crippen LogP contribution in [-0.2, 0) is 14.3 Å². The van der Waals surface area contributed by atoms with Crippen molar-refractivity contribution in [2.24, 2.45) is 23.2 Å². The lowest BCUT2D eigenvalue weighted by molar-refractivity contribution is -0.145. The molecule has 0 spiro atoms. The number of hydrogen-bond donors (Lipinski definition) is 1. The molecule has 0 aliphatic heterocycles. The summed E-state index contributed by atoms with van der Waals surface area (Å²) >= 11 is 0. The van der Waals surface area contributed by atoms with Crippen LogP contribution in [0.15, 0.2) is 24.3 Å². The van der Waals surface area contributed by atoms with Crippen molar-refractivity contribution in [2.75, 3.05) is 19.8 Å². The van der Waals surface area contributed by atoms with Crippen LogP contribution < -0.4 is 10.1 Å². The molecule has 5 rings (SSSR count). The fraction of sp³-hybridized carbons (Fsp3) is 0.652. The van der Waals surface area contributed by atoms with Crippen molar-refractivity contribution >= 4 is 11.9 Å². The quantitative estimate of drug-likeness (QED) is 0.548. The molecule has 0 heterocycles. The van der Waals surface area contributed by atoms with E-state index in [1.54, 1.807) is 0 Å². The average molecular weight is 386 g/mol. The first-order valence-electron chi connectivity index (χ1n) is 10.6. The zero-order valence-corrected chi connectivity index (χ0v) is 16.7. The second-order valence-electron chi connectivity index (χ2n) is 9.21. The van der Waals surface area contributed by atoms with E-state index in [9.17, 15) is 9.59 Å². The summed E-state index contributed by atoms with van der Waals surface area (Å²) in [4.78, 5) is 24.3. The Hall–Kier alpha value is -2.04. The average Bonchev–Trinajstić information content (AvgIpc) is 2.63. The van der Waals surface area contributed by atoms with Crippen LogP contribution in [0.3, 0.4) is 0 Å². The smallest absolute Gasteiger partial charge is 0.325 e. The predicted molar refractivity (Wildman–Crippen MR) is 106 cm³/mol. The fourth-order valence-electron chi connectivity index (χ4n) is 6.16. The van der Waals surface area contributed by atoms with Gasteiger partial charge in [-0.15, -0.1) is 0 Å². The third kappa shape index (κ3) is 4.50. The minimum Gasteiger partial charge on any atom is -0.490 e. The van der Waals surface area contributed by atoms with E-state index in [4.69, 9.17) is 9.47 Å². The molecule has 4 saturated carbocycles. The summed E-state index contributed by atoms with van der Waals surface area (Å²) in [5, 5.41) is 2.77. The van der Waals surface area contributed by atoms with Gasteiger partial charge in [-0.25, -0.2) is 0 Å². The Morgan fingerprint density at radius 2 is 1.68 bits per heavy atom. The molecule has 4 aliphatic carbocycles. The first-order chi connectivity index (χ1) is 13.5. The molecule has 4 fully saturated rings. The van der Waals surface area contributed by atoms with Gasteiger partial charge in [0.25, 0.3) is 0 Å². The van der Waals surface area contributed by atoms with Gasteiger partial charge in [-0.3, -0.25) is 9.59 Å². The molecule has 4 aliphatic rings. The molecule has 0 aromatic heterocycles. The molecule has 4 bridgehead atoms. The number of benzene rings is 1. The summed E-state index contributed by atoms with van der Waals surface area (Å²) in [7, 11) is 0. The number of carbonyl (C=O) groups is 2. The predicted octanol–water partition coefficient (Wildman–Crippen LogP) is 3.64. The maximum atomic E-state index is 12.4. The van der Waals surface area contributed by atoms with Crippen LogP contribution in [-0.4, -0.2) is 31.6 Å². The zero-order chi connectivity index (χ0) is 19.6. The number of rotatable bonds is 8. The summed E-state index contributed by atoms with van der Waals surface area (Å²) < 4.78 is 10.8. The van der Waals surface area contributed by atoms with Gasteiger partial charge in [0.2, 0.25) is 5.91 Å². The van der Waals surface area contributed by atoms with E-state index in [0.29, 0.717) is 13.0 Å². The highest BCUT2D eigenvalue weighted by Crippen LogP contribution is 2.61. The molecule has 0 saturated heterocycles. The summed E-state index contributed by atoms with van der Waals surface area (Å²) in [6.45, 7) is 2.39. The van der Waals surface area contributed by atoms with E-state index in [-0.39, 0.29) is 24.5 Å². The van der Waals surface area contributed by atoms with E-state index in [0.717, 1.165) is 29.1 Å². The number of ether oxygens (including phenoxy) is 2. The maximum absolute atomic E-state index is 12.4. The van der Waals surface area contributed by atoms with Crippen LogP contribution in [0.5, 0.6) is 5.75 Å². The van der Waals surface area contributed by atoms with E-state index in [1.165, 1.54) is 38.5 Å². The summed E-state index contributed by atoms with van der Waals surface area (Å²) in [6, 6.07) is 7.73. The minimum absolute atomic E-state index is 0.00457. The Kier molecular flexibility index (Phi) is 5.61. The number of esters is 1. The molecule has 5 nitrogen and oxygen atoms in total. The number of para-hydroxylation sites is 1. The van der Waals surface area contributed by atoms with Gasteiger partial charge in [0.1, 0.15) is 25.5 Å². The van der Waals surface area contributed by atoms with Gasteiger partial charge >= 0.3 is 5.97 Å². The van der Waals surface area contributed by atoms with Gasteiger partial charge in [-0.05, 0) is 80.2 Å². The second-order valence-corrected chi connectivity index (χ2v) is 9.21. The zero-order valence-electron chi connectivity index (χ0n) is 16.7. The Morgan fingerprint density at radius 3 is 2.32 bits per heavy atom. The van der Waals surface area contributed by atoms with Crippen LogP contribution in [0.4, 0.5) is 0 Å². The lowest BCUT2D eigenvalue weighted by atomic mass is 9.49. The fourth-order valence-corrected chi connectivity index (χ4v) is 6.16. The largest absolute Gasteiger partial charge is 0.490 e. The monoisotopic (exact) mass is 385 g/mol. The van der Waals surface area contributed by atoms with Crippen molar-refractivity contribution in [3.8, 4) is 5.75 Å². The third-order valence-corrected chi connectivity index (χ3v) is 6.83. The van der Waals surface area contributed by atoms with Crippen LogP contribution in [0.1, 0.15) is 50.5 Å². The van der Waals surface area contributed by atoms with Gasteiger partial charge in [0.15, 0.2) is 0 Å². The number of aryl methyl sites for hydroxylation is 1. The Bertz CT molecular complexity index is 694. The van der Waals surface area contributed by atoms with E-state index >= 15 is 0 Å². The highest BCUT2D eigenvalue weighted by Gasteiger charge is 2.51. The van der Waals surface area contributed by atoms with Crippen LogP contribution in [0.2, 0.25) is 0 Å². The SMILES string of the molecule is Cc1ccccc1OCCOC(=O)CNC(=O)CC12CC3CC(CC(C3)C1)C2. The molecule has 152 valence electrons. The molecular formula is C23H31NO4. The Morgan fingerprint density at radius 1 is 1.04 bits per heavy atom. The molecule has 0 unspecified atom stereocenters. The topological polar surface area (TPSA) is 64.6 Å². The summed E-state index contributed by atoms with van der Waals surface area (Å²) in [5.41, 5.74) is 1.25. The molecular weight excluding hydrogens is 354 g/mol. The number of hydrogen-bond acceptors (Lipinski definition) is 4. The van der Waals surface area contributed by atoms with E-state index < -0.39 is 5.97 Å². The minimum atomic E-state index is -0.410. The van der Waals surface area contributed by atoms with Crippen molar-refractivity contribution in [1.82, 2.24) is 5.32 Å². The van der Waals surface area contributed by atoms with Gasteiger partial charge in [0, 0.05) is 6.42 Å². The molecule has 1 aromatic rings. The molecule has 1 N–H and O–H groups in total. The summed E-state index contributed by atoms with van der Waals surface area (Å²) in [6.07, 6.45) is 8.29. The van der Waals surface area contributed by atoms with Gasteiger partial charge in [0.05, 0.1) is 0 Å². The van der Waals surface area contributed by atoms with Gasteiger partial charge < -0.3 is 14.8 Å². The maximum Gasteiger partial charge on any atom is 0.325 e. The van der Waals surface area contributed by atoms with Crippen molar-refractivity contribution in [2.45, 2.75) is 51.9 Å². The highest BCUT2D eigenvalue weighted by molar-refractivity contribution is 5.82. The third-order valence-electron chi connectivity index (χ3n) is 6.83. The number of amides is 1. The van der Waals surface area contributed by atoms with E-state index in [2.05, 4.69) is 5.32 Å². The molecule has 0 radical (unpaired) electrons. The molecule has 1 amide bonds. The van der Waals surface area contributed by atoms with E-state index in [1.807, 2.05) is 31.2 Å². The van der Waals surface area contributed by atoms with Crippen LogP contribution in [0, 0.1) is 30.1 Å². The van der Waals surface area contributed by atoms with Crippen molar-refractivity contribution in [3.05, 3.63) is 29.8 Å². The standard InChI is InChI=1S/C23H31NO4/c1-16-4-2-3-5-20(16)27-6-7-28-22(26)15-24-21(25)14-23-11-17-8-18(12-23)10-19(9-17)13-23/h2-5,17-19H,6-15H2,1H3,(H,24,25). The van der Waals surface area contributed by atoms with Crippen LogP contribution >= 0.6 is 0 Å². The van der Waals surface area contributed by atoms with Gasteiger partial charge in [-0.1, -0.05) is 18.2 Å². The molecule has 5 heteroatoms. The molecule has 0 atom stereocenters. The normalized spacial score (nSPS) is 30.1. The highest BCUT2D eigenvalue weighted by atomic mass is 16.6. The van der Waals surface area contributed by atoms with Gasteiger partial charge in [-0.2, -0.15) is 0 Å². The van der Waals surface area contributed by atoms with Crippen molar-refractivity contribution < 1.29 is 19.1 Å².